The number of nitrogens with zero attached hydrogens (tertiary/aromatic N) is 2. The number of carbonyl (C=O) groups excluding carboxylic acids is 1. The lowest BCUT2D eigenvalue weighted by atomic mass is 10.2. The molecule has 1 amide bonds. The largest absolute Gasteiger partial charge is 0.330 e. The predicted molar refractivity (Wildman–Crippen MR) is 114 cm³/mol. The Kier molecular flexibility index (Phi) is 5.84. The van der Waals surface area contributed by atoms with Crippen molar-refractivity contribution in [1.82, 2.24) is 13.9 Å². The van der Waals surface area contributed by atoms with Crippen molar-refractivity contribution in [3.8, 4) is 0 Å². The second kappa shape index (κ2) is 8.05. The quantitative estimate of drug-likeness (QED) is 0.605. The van der Waals surface area contributed by atoms with Gasteiger partial charge in [0.25, 0.3) is 5.56 Å². The van der Waals surface area contributed by atoms with E-state index in [1.54, 1.807) is 24.3 Å². The van der Waals surface area contributed by atoms with Crippen LogP contribution < -0.4 is 21.3 Å². The number of nitrogens with one attached hydrogen (secondary N) is 2. The molecule has 1 heterocycles. The van der Waals surface area contributed by atoms with E-state index in [1.165, 1.54) is 43.8 Å². The number of sulfonamides is 1. The van der Waals surface area contributed by atoms with E-state index in [0.717, 1.165) is 4.57 Å². The van der Waals surface area contributed by atoms with Crippen LogP contribution in [-0.2, 0) is 28.9 Å². The summed E-state index contributed by atoms with van der Waals surface area (Å²) in [5.74, 6) is -0.569. The van der Waals surface area contributed by atoms with Gasteiger partial charge in [-0.15, -0.1) is 0 Å². The summed E-state index contributed by atoms with van der Waals surface area (Å²) in [6.45, 7) is 1.40. The molecule has 0 saturated heterocycles. The van der Waals surface area contributed by atoms with Crippen molar-refractivity contribution in [1.29, 1.82) is 0 Å². The third-order valence-electron chi connectivity index (χ3n) is 4.59. The second-order valence-electron chi connectivity index (χ2n) is 6.72. The maximum Gasteiger partial charge on any atom is 0.330 e. The zero-order chi connectivity index (χ0) is 22.2. The molecule has 158 valence electrons. The number of amides is 1. The minimum absolute atomic E-state index is 0.0701. The van der Waals surface area contributed by atoms with Crippen LogP contribution in [0.15, 0.2) is 56.9 Å². The fourth-order valence-electron chi connectivity index (χ4n) is 2.88. The summed E-state index contributed by atoms with van der Waals surface area (Å²) in [5.41, 5.74) is -0.367. The van der Waals surface area contributed by atoms with Crippen LogP contribution in [0.2, 0.25) is 5.02 Å². The Morgan fingerprint density at radius 3 is 2.30 bits per heavy atom. The minimum atomic E-state index is -4.12. The van der Waals surface area contributed by atoms with Crippen LogP contribution in [0.1, 0.15) is 6.92 Å². The maximum absolute atomic E-state index is 12.7. The molecule has 3 rings (SSSR count). The minimum Gasteiger partial charge on any atom is -0.325 e. The normalized spacial score (nSPS) is 12.7. The Morgan fingerprint density at radius 2 is 1.67 bits per heavy atom. The van der Waals surface area contributed by atoms with Crippen LogP contribution >= 0.6 is 11.6 Å². The molecule has 9 nitrogen and oxygen atoms in total. The van der Waals surface area contributed by atoms with E-state index in [0.29, 0.717) is 16.2 Å². The Labute approximate surface area is 177 Å². The zero-order valence-corrected chi connectivity index (χ0v) is 17.9. The number of halogens is 1. The highest BCUT2D eigenvalue weighted by Crippen LogP contribution is 2.17. The van der Waals surface area contributed by atoms with E-state index >= 15 is 0 Å². The molecule has 1 atom stereocenters. The summed E-state index contributed by atoms with van der Waals surface area (Å²) in [6.07, 6.45) is 0. The number of rotatable bonds is 5. The highest BCUT2D eigenvalue weighted by atomic mass is 35.5. The molecule has 0 spiro atoms. The van der Waals surface area contributed by atoms with Crippen LogP contribution in [0.4, 0.5) is 5.69 Å². The lowest BCUT2D eigenvalue weighted by Gasteiger charge is -2.15. The van der Waals surface area contributed by atoms with E-state index in [1.807, 2.05) is 0 Å². The molecule has 0 aliphatic heterocycles. The summed E-state index contributed by atoms with van der Waals surface area (Å²) in [5, 5.41) is 3.16. The summed E-state index contributed by atoms with van der Waals surface area (Å²) in [6, 6.07) is 9.10. The van der Waals surface area contributed by atoms with Crippen LogP contribution in [0.25, 0.3) is 10.9 Å². The lowest BCUT2D eigenvalue weighted by Crippen LogP contribution is -2.41. The van der Waals surface area contributed by atoms with Gasteiger partial charge in [-0.05, 0) is 49.4 Å². The molecule has 0 bridgehead atoms. The number of benzene rings is 2. The van der Waals surface area contributed by atoms with Gasteiger partial charge in [-0.1, -0.05) is 11.6 Å². The van der Waals surface area contributed by atoms with Crippen molar-refractivity contribution in [3.05, 3.63) is 68.3 Å². The van der Waals surface area contributed by atoms with Crippen molar-refractivity contribution >= 4 is 44.1 Å². The monoisotopic (exact) mass is 450 g/mol. The van der Waals surface area contributed by atoms with Crippen molar-refractivity contribution < 1.29 is 13.2 Å². The SMILES string of the molecule is CC(NS(=O)(=O)c1ccc2c(c1)c(=O)n(C)c(=O)n2C)C(=O)Nc1ccc(Cl)cc1. The van der Waals surface area contributed by atoms with E-state index in [4.69, 9.17) is 11.6 Å². The zero-order valence-electron chi connectivity index (χ0n) is 16.3. The smallest absolute Gasteiger partial charge is 0.325 e. The van der Waals surface area contributed by atoms with Crippen molar-refractivity contribution in [3.63, 3.8) is 0 Å². The van der Waals surface area contributed by atoms with Crippen molar-refractivity contribution in [2.45, 2.75) is 17.9 Å². The first-order chi connectivity index (χ1) is 14.0. The van der Waals surface area contributed by atoms with Gasteiger partial charge < -0.3 is 5.32 Å². The average molecular weight is 451 g/mol. The first-order valence-electron chi connectivity index (χ1n) is 8.80. The average Bonchev–Trinajstić information content (AvgIpc) is 2.71. The second-order valence-corrected chi connectivity index (χ2v) is 8.87. The molecular formula is C19H19ClN4O5S. The first kappa shape index (κ1) is 21.8. The fraction of sp³-hybridized carbons (Fsp3) is 0.211. The van der Waals surface area contributed by atoms with E-state index in [-0.39, 0.29) is 10.3 Å². The summed E-state index contributed by atoms with van der Waals surface area (Å²) >= 11 is 5.80. The number of hydrogen-bond acceptors (Lipinski definition) is 5. The molecule has 11 heteroatoms. The van der Waals surface area contributed by atoms with E-state index in [9.17, 15) is 22.8 Å². The third kappa shape index (κ3) is 4.16. The number of anilines is 1. The van der Waals surface area contributed by atoms with Crippen LogP contribution in [0, 0.1) is 0 Å². The number of fused-ring (bicyclic) bond motifs is 1. The molecule has 2 N–H and O–H groups in total. The summed E-state index contributed by atoms with van der Waals surface area (Å²) < 4.78 is 29.9. The Bertz CT molecular complexity index is 1360. The predicted octanol–water partition coefficient (Wildman–Crippen LogP) is 1.20. The molecule has 2 aromatic carbocycles. The van der Waals surface area contributed by atoms with Crippen LogP contribution in [0.5, 0.6) is 0 Å². The topological polar surface area (TPSA) is 119 Å². The third-order valence-corrected chi connectivity index (χ3v) is 6.38. The number of aryl methyl sites for hydroxylation is 1. The molecule has 0 aliphatic rings. The molecule has 0 radical (unpaired) electrons. The summed E-state index contributed by atoms with van der Waals surface area (Å²) in [7, 11) is -1.32. The Hall–Kier alpha value is -2.95. The Balaban J connectivity index is 1.88. The Morgan fingerprint density at radius 1 is 1.03 bits per heavy atom. The fourth-order valence-corrected chi connectivity index (χ4v) is 4.23. The van der Waals surface area contributed by atoms with Crippen molar-refractivity contribution in [2.75, 3.05) is 5.32 Å². The molecule has 0 fully saturated rings. The molecule has 0 saturated carbocycles. The first-order valence-corrected chi connectivity index (χ1v) is 10.7. The van der Waals surface area contributed by atoms with Gasteiger partial charge in [0, 0.05) is 24.8 Å². The van der Waals surface area contributed by atoms with Crippen LogP contribution in [0.3, 0.4) is 0 Å². The molecule has 3 aromatic rings. The highest BCUT2D eigenvalue weighted by molar-refractivity contribution is 7.89. The molecule has 1 aromatic heterocycles. The number of aromatic nitrogens is 2. The van der Waals surface area contributed by atoms with E-state index < -0.39 is 33.2 Å². The lowest BCUT2D eigenvalue weighted by molar-refractivity contribution is -0.117. The molecule has 0 aliphatic carbocycles. The van der Waals surface area contributed by atoms with Crippen molar-refractivity contribution in [2.24, 2.45) is 14.1 Å². The van der Waals surface area contributed by atoms with Gasteiger partial charge in [0.2, 0.25) is 15.9 Å². The van der Waals surface area contributed by atoms with E-state index in [2.05, 4.69) is 10.0 Å². The van der Waals surface area contributed by atoms with Gasteiger partial charge in [0.15, 0.2) is 0 Å². The van der Waals surface area contributed by atoms with Gasteiger partial charge in [-0.3, -0.25) is 18.7 Å². The standard InChI is InChI=1S/C19H19ClN4O5S/c1-11(17(25)21-13-6-4-12(20)5-7-13)22-30(28,29)14-8-9-16-15(10-14)18(26)24(3)19(27)23(16)2/h4-11,22H,1-3H3,(H,21,25). The van der Waals surface area contributed by atoms with Gasteiger partial charge in [-0.2, -0.15) is 4.72 Å². The maximum atomic E-state index is 12.7. The van der Waals surface area contributed by atoms with Gasteiger partial charge in [0.05, 0.1) is 21.8 Å². The number of carbonyl (C=O) groups is 1. The molecular weight excluding hydrogens is 432 g/mol. The van der Waals surface area contributed by atoms with Gasteiger partial charge in [0.1, 0.15) is 0 Å². The molecule has 30 heavy (non-hydrogen) atoms. The van der Waals surface area contributed by atoms with Gasteiger partial charge in [-0.25, -0.2) is 13.2 Å². The van der Waals surface area contributed by atoms with Crippen LogP contribution in [-0.4, -0.2) is 29.5 Å². The van der Waals surface area contributed by atoms with Gasteiger partial charge >= 0.3 is 5.69 Å². The number of hydrogen-bond donors (Lipinski definition) is 2. The molecule has 1 unspecified atom stereocenters. The summed E-state index contributed by atoms with van der Waals surface area (Å²) in [4.78, 5) is 36.6. The highest BCUT2D eigenvalue weighted by Gasteiger charge is 2.23.